The van der Waals surface area contributed by atoms with Crippen LogP contribution in [0.3, 0.4) is 0 Å². The third-order valence-electron chi connectivity index (χ3n) is 10.5. The summed E-state index contributed by atoms with van der Waals surface area (Å²) in [5.74, 6) is -0.596. The Hall–Kier alpha value is -3.04. The number of nitrogens with zero attached hydrogens (tertiary/aromatic N) is 1. The summed E-state index contributed by atoms with van der Waals surface area (Å²) in [7, 11) is -4.13. The highest BCUT2D eigenvalue weighted by atomic mass is 35.5. The van der Waals surface area contributed by atoms with Crippen LogP contribution >= 0.6 is 11.6 Å². The number of amides is 1. The van der Waals surface area contributed by atoms with E-state index >= 15 is 0 Å². The van der Waals surface area contributed by atoms with Crippen LogP contribution in [0.1, 0.15) is 70.4 Å². The number of benzene rings is 2. The molecule has 1 aliphatic carbocycles. The van der Waals surface area contributed by atoms with E-state index in [-0.39, 0.29) is 34.5 Å². The van der Waals surface area contributed by atoms with Gasteiger partial charge in [-0.25, -0.2) is 13.1 Å². The smallest absolute Gasteiger partial charge is 0.309 e. The number of ether oxygens (including phenoxy) is 2. The van der Waals surface area contributed by atoms with Crippen LogP contribution < -0.4 is 14.4 Å². The zero-order valence-corrected chi connectivity index (χ0v) is 27.8. The second-order valence-electron chi connectivity index (χ2n) is 13.5. The zero-order chi connectivity index (χ0) is 31.9. The molecule has 242 valence electrons. The van der Waals surface area contributed by atoms with E-state index < -0.39 is 27.4 Å². The predicted octanol–water partition coefficient (Wildman–Crippen LogP) is 6.45. The number of allylic oxidation sites excluding steroid dienone is 1. The number of sulfonamides is 1. The second kappa shape index (κ2) is 12.6. The van der Waals surface area contributed by atoms with Gasteiger partial charge in [0.25, 0.3) is 10.0 Å². The number of carbonyl (C=O) groups is 2. The summed E-state index contributed by atoms with van der Waals surface area (Å²) in [6.45, 7) is 7.30. The highest BCUT2D eigenvalue weighted by Gasteiger charge is 2.54. The first-order valence-electron chi connectivity index (χ1n) is 16.2. The number of hydrogen-bond donors (Lipinski definition) is 1. The topological polar surface area (TPSA) is 102 Å². The fourth-order valence-corrected chi connectivity index (χ4v) is 8.65. The van der Waals surface area contributed by atoms with Gasteiger partial charge in [0.2, 0.25) is 5.91 Å². The van der Waals surface area contributed by atoms with Gasteiger partial charge in [-0.3, -0.25) is 9.59 Å². The molecule has 0 radical (unpaired) electrons. The molecule has 6 atom stereocenters. The standard InChI is InChI=1S/C35H43ClN2O6S/c1-22-7-6-15-35(19-23(2)34(40)44-35)30-13-10-26(30)20-38-16-5-4-8-25-17-28(36)11-9-27(25)21-43-32-14-12-29(18-31(32)38)45(41,42)37-33(39)24(22)3/h6,9,11-12,14-15,17-18,22-24,26,30H,4-5,7-8,10,13,16,19-21H2,1-3H3,(H,37,39)/b15-6+/t22-,23-,24+,26-,30+,35-/m0/s1. The average Bonchev–Trinajstić information content (AvgIpc) is 3.25. The minimum absolute atomic E-state index is 0.0253. The fourth-order valence-electron chi connectivity index (χ4n) is 7.37. The monoisotopic (exact) mass is 654 g/mol. The first kappa shape index (κ1) is 31.9. The molecule has 3 heterocycles. The van der Waals surface area contributed by atoms with Gasteiger partial charge in [-0.2, -0.15) is 0 Å². The van der Waals surface area contributed by atoms with Crippen molar-refractivity contribution in [2.45, 2.75) is 82.8 Å². The predicted molar refractivity (Wildman–Crippen MR) is 174 cm³/mol. The summed E-state index contributed by atoms with van der Waals surface area (Å²) < 4.78 is 42.1. The van der Waals surface area contributed by atoms with Crippen molar-refractivity contribution in [3.63, 3.8) is 0 Å². The minimum atomic E-state index is -4.13. The number of esters is 1. The number of carbonyl (C=O) groups excluding carboxylic acids is 2. The molecule has 8 nitrogen and oxygen atoms in total. The van der Waals surface area contributed by atoms with Gasteiger partial charge in [0, 0.05) is 36.4 Å². The van der Waals surface area contributed by atoms with Gasteiger partial charge < -0.3 is 14.4 Å². The Morgan fingerprint density at radius 1 is 1.02 bits per heavy atom. The van der Waals surface area contributed by atoms with Crippen LogP contribution in [0.4, 0.5) is 5.69 Å². The summed E-state index contributed by atoms with van der Waals surface area (Å²) in [5.41, 5.74) is 2.20. The summed E-state index contributed by atoms with van der Waals surface area (Å²) in [6, 6.07) is 10.7. The van der Waals surface area contributed by atoms with Gasteiger partial charge >= 0.3 is 5.97 Å². The van der Waals surface area contributed by atoms with Crippen LogP contribution in [0, 0.1) is 29.6 Å². The summed E-state index contributed by atoms with van der Waals surface area (Å²) in [6.07, 6.45) is 9.91. The first-order valence-corrected chi connectivity index (χ1v) is 18.1. The molecule has 1 saturated carbocycles. The van der Waals surface area contributed by atoms with E-state index in [4.69, 9.17) is 21.1 Å². The third-order valence-corrected chi connectivity index (χ3v) is 12.1. The molecule has 1 amide bonds. The van der Waals surface area contributed by atoms with Crippen LogP contribution in [-0.2, 0) is 37.4 Å². The van der Waals surface area contributed by atoms with E-state index in [1.54, 1.807) is 19.1 Å². The highest BCUT2D eigenvalue weighted by molar-refractivity contribution is 7.90. The highest BCUT2D eigenvalue weighted by Crippen LogP contribution is 2.51. The lowest BCUT2D eigenvalue weighted by Gasteiger charge is -2.48. The van der Waals surface area contributed by atoms with Crippen LogP contribution in [-0.4, -0.2) is 39.0 Å². The second-order valence-corrected chi connectivity index (χ2v) is 15.7. The zero-order valence-electron chi connectivity index (χ0n) is 26.3. The fraction of sp³-hybridized carbons (Fsp3) is 0.543. The van der Waals surface area contributed by atoms with Crippen LogP contribution in [0.15, 0.2) is 53.4 Å². The van der Waals surface area contributed by atoms with Crippen molar-refractivity contribution in [3.8, 4) is 5.75 Å². The first-order chi connectivity index (χ1) is 21.5. The van der Waals surface area contributed by atoms with Crippen molar-refractivity contribution < 1.29 is 27.5 Å². The average molecular weight is 655 g/mol. The molecule has 3 aliphatic heterocycles. The molecule has 1 saturated heterocycles. The lowest BCUT2D eigenvalue weighted by atomic mass is 9.63. The SMILES string of the molecule is C[C@H]1C[C@]2(/C=C/C[C@H](C)[C@@H](C)C(=O)NS(=O)(=O)c3ccc4c(c3)N(CCCCc3cc(Cl)ccc3CO4)C[C@@H]3CC[C@H]32)OC1=O. The molecule has 1 spiro atoms. The minimum Gasteiger partial charge on any atom is -0.487 e. The Kier molecular flexibility index (Phi) is 8.96. The normalized spacial score (nSPS) is 32.5. The molecule has 1 N–H and O–H groups in total. The van der Waals surface area contributed by atoms with Gasteiger partial charge in [0.1, 0.15) is 18.0 Å². The van der Waals surface area contributed by atoms with Crippen LogP contribution in [0.5, 0.6) is 5.75 Å². The Morgan fingerprint density at radius 3 is 2.58 bits per heavy atom. The van der Waals surface area contributed by atoms with E-state index in [1.807, 2.05) is 38.1 Å². The molecule has 45 heavy (non-hydrogen) atoms. The van der Waals surface area contributed by atoms with Crippen molar-refractivity contribution in [1.29, 1.82) is 0 Å². The Balaban J connectivity index is 1.42. The Bertz CT molecular complexity index is 1610. The van der Waals surface area contributed by atoms with E-state index in [1.165, 1.54) is 6.07 Å². The molecule has 4 aliphatic rings. The summed E-state index contributed by atoms with van der Waals surface area (Å²) in [5, 5.41) is 0.691. The van der Waals surface area contributed by atoms with Gasteiger partial charge in [0.15, 0.2) is 0 Å². The number of rotatable bonds is 0. The van der Waals surface area contributed by atoms with Gasteiger partial charge in [-0.1, -0.05) is 44.5 Å². The maximum Gasteiger partial charge on any atom is 0.309 e. The molecule has 0 aromatic heterocycles. The number of aryl methyl sites for hydroxylation is 1. The molecule has 2 aromatic carbocycles. The molecule has 6 rings (SSSR count). The molecular weight excluding hydrogens is 612 g/mol. The summed E-state index contributed by atoms with van der Waals surface area (Å²) >= 11 is 6.33. The number of anilines is 1. The van der Waals surface area contributed by atoms with Crippen LogP contribution in [0.2, 0.25) is 5.02 Å². The van der Waals surface area contributed by atoms with Gasteiger partial charge in [-0.05, 0) is 97.9 Å². The summed E-state index contributed by atoms with van der Waals surface area (Å²) in [4.78, 5) is 28.3. The number of hydrogen-bond acceptors (Lipinski definition) is 7. The van der Waals surface area contributed by atoms with E-state index in [0.717, 1.165) is 43.2 Å². The Morgan fingerprint density at radius 2 is 1.84 bits per heavy atom. The van der Waals surface area contributed by atoms with Gasteiger partial charge in [0.05, 0.1) is 16.5 Å². The quantitative estimate of drug-likeness (QED) is 0.257. The molecular formula is C35H43ClN2O6S. The lowest BCUT2D eigenvalue weighted by Crippen LogP contribution is -2.50. The molecule has 10 heteroatoms. The van der Waals surface area contributed by atoms with Crippen molar-refractivity contribution in [2.75, 3.05) is 18.0 Å². The van der Waals surface area contributed by atoms with Crippen molar-refractivity contribution in [2.24, 2.45) is 29.6 Å². The molecule has 2 fully saturated rings. The molecule has 2 bridgehead atoms. The van der Waals surface area contributed by atoms with Crippen LogP contribution in [0.25, 0.3) is 0 Å². The lowest BCUT2D eigenvalue weighted by molar-refractivity contribution is -0.154. The van der Waals surface area contributed by atoms with Crippen molar-refractivity contribution >= 4 is 39.2 Å². The van der Waals surface area contributed by atoms with E-state index in [9.17, 15) is 18.0 Å². The number of halogens is 1. The largest absolute Gasteiger partial charge is 0.487 e. The third kappa shape index (κ3) is 6.48. The van der Waals surface area contributed by atoms with E-state index in [0.29, 0.717) is 49.0 Å². The van der Waals surface area contributed by atoms with E-state index in [2.05, 4.69) is 15.7 Å². The number of fused-ring (bicyclic) bond motifs is 4. The number of nitrogens with one attached hydrogen (secondary N) is 1. The molecule has 2 aromatic rings. The van der Waals surface area contributed by atoms with Crippen molar-refractivity contribution in [3.05, 3.63) is 64.7 Å². The van der Waals surface area contributed by atoms with Crippen molar-refractivity contribution in [1.82, 2.24) is 4.72 Å². The maximum atomic E-state index is 13.6. The van der Waals surface area contributed by atoms with Gasteiger partial charge in [-0.15, -0.1) is 0 Å². The Labute approximate surface area is 271 Å². The maximum absolute atomic E-state index is 13.6. The molecule has 0 unspecified atom stereocenters.